The third-order valence-corrected chi connectivity index (χ3v) is 4.64. The average Bonchev–Trinajstić information content (AvgIpc) is 2.65. The van der Waals surface area contributed by atoms with Gasteiger partial charge in [-0.2, -0.15) is 0 Å². The Labute approximate surface area is 158 Å². The van der Waals surface area contributed by atoms with E-state index in [1.807, 2.05) is 30.3 Å². The molecular formula is C20H22ClFN2O2. The highest BCUT2D eigenvalue weighted by atomic mass is 35.5. The van der Waals surface area contributed by atoms with Crippen molar-refractivity contribution in [3.05, 3.63) is 70.5 Å². The fourth-order valence-corrected chi connectivity index (χ4v) is 2.96. The molecule has 0 bridgehead atoms. The van der Waals surface area contributed by atoms with Crippen molar-refractivity contribution in [3.63, 3.8) is 0 Å². The van der Waals surface area contributed by atoms with E-state index in [9.17, 15) is 14.0 Å². The summed E-state index contributed by atoms with van der Waals surface area (Å²) in [7, 11) is 1.52. The van der Waals surface area contributed by atoms with E-state index in [4.69, 9.17) is 11.6 Å². The van der Waals surface area contributed by atoms with E-state index in [1.165, 1.54) is 24.1 Å². The second kappa shape index (κ2) is 9.34. The maximum absolute atomic E-state index is 14.0. The third-order valence-electron chi connectivity index (χ3n) is 4.29. The molecule has 26 heavy (non-hydrogen) atoms. The first-order chi connectivity index (χ1) is 12.4. The molecule has 0 saturated carbocycles. The molecule has 0 saturated heterocycles. The highest BCUT2D eigenvalue weighted by Crippen LogP contribution is 2.21. The smallest absolute Gasteiger partial charge is 0.242 e. The van der Waals surface area contributed by atoms with Crippen molar-refractivity contribution in [1.82, 2.24) is 10.2 Å². The number of nitrogens with one attached hydrogen (secondary N) is 1. The summed E-state index contributed by atoms with van der Waals surface area (Å²) >= 11 is 6.03. The van der Waals surface area contributed by atoms with Crippen molar-refractivity contribution in [2.45, 2.75) is 25.8 Å². The molecule has 0 fully saturated rings. The number of carbonyl (C=O) groups excluding carboxylic acids is 2. The molecule has 1 unspecified atom stereocenters. The highest BCUT2D eigenvalue weighted by Gasteiger charge is 2.26. The molecule has 6 heteroatoms. The van der Waals surface area contributed by atoms with E-state index < -0.39 is 11.9 Å². The van der Waals surface area contributed by atoms with E-state index in [2.05, 4.69) is 5.32 Å². The van der Waals surface area contributed by atoms with Gasteiger partial charge in [0, 0.05) is 24.2 Å². The van der Waals surface area contributed by atoms with Gasteiger partial charge in [-0.3, -0.25) is 9.59 Å². The first kappa shape index (κ1) is 19.9. The van der Waals surface area contributed by atoms with Crippen LogP contribution in [0.4, 0.5) is 4.39 Å². The number of nitrogens with zero attached hydrogens (tertiary/aromatic N) is 1. The Bertz CT molecular complexity index is 747. The van der Waals surface area contributed by atoms with E-state index in [-0.39, 0.29) is 28.8 Å². The molecule has 2 aromatic rings. The van der Waals surface area contributed by atoms with Crippen molar-refractivity contribution in [1.29, 1.82) is 0 Å². The van der Waals surface area contributed by atoms with Crippen molar-refractivity contribution < 1.29 is 14.0 Å². The van der Waals surface area contributed by atoms with E-state index in [0.29, 0.717) is 13.0 Å². The molecule has 0 aliphatic heterocycles. The Kier molecular flexibility index (Phi) is 7.16. The van der Waals surface area contributed by atoms with Crippen molar-refractivity contribution >= 4 is 23.4 Å². The molecule has 1 N–H and O–H groups in total. The van der Waals surface area contributed by atoms with Crippen LogP contribution in [0.3, 0.4) is 0 Å². The number of likely N-dealkylation sites (N-methyl/N-ethyl adjacent to an activating group) is 1. The molecule has 2 rings (SSSR count). The number of amides is 2. The molecule has 0 aromatic heterocycles. The van der Waals surface area contributed by atoms with Crippen LogP contribution in [0.25, 0.3) is 0 Å². The largest absolute Gasteiger partial charge is 0.357 e. The predicted octanol–water partition coefficient (Wildman–Crippen LogP) is 3.23. The molecular weight excluding hydrogens is 355 g/mol. The Morgan fingerprint density at radius 1 is 1.15 bits per heavy atom. The normalized spacial score (nSPS) is 11.7. The van der Waals surface area contributed by atoms with Crippen LogP contribution in [0.1, 0.15) is 18.1 Å². The zero-order chi connectivity index (χ0) is 19.1. The summed E-state index contributed by atoms with van der Waals surface area (Å²) in [5, 5.41) is 2.75. The zero-order valence-electron chi connectivity index (χ0n) is 14.8. The molecule has 0 heterocycles. The standard InChI is InChI=1S/C20H22ClFN2O2/c1-14(20(26)23-2)24(12-11-15-7-4-3-5-8-15)19(25)13-16-17(21)9-6-10-18(16)22/h3-10,14H,11-13H2,1-2H3,(H,23,26). The lowest BCUT2D eigenvalue weighted by atomic mass is 10.1. The number of hydrogen-bond donors (Lipinski definition) is 1. The van der Waals surface area contributed by atoms with E-state index in [1.54, 1.807) is 13.0 Å². The highest BCUT2D eigenvalue weighted by molar-refractivity contribution is 6.31. The molecule has 2 aromatic carbocycles. The summed E-state index contributed by atoms with van der Waals surface area (Å²) in [5.41, 5.74) is 1.20. The van der Waals surface area contributed by atoms with Gasteiger partial charge in [-0.25, -0.2) is 4.39 Å². The van der Waals surface area contributed by atoms with E-state index in [0.717, 1.165) is 5.56 Å². The number of benzene rings is 2. The monoisotopic (exact) mass is 376 g/mol. The molecule has 138 valence electrons. The van der Waals surface area contributed by atoms with Crippen LogP contribution in [0.5, 0.6) is 0 Å². The van der Waals surface area contributed by atoms with Crippen LogP contribution in [0, 0.1) is 5.82 Å². The van der Waals surface area contributed by atoms with E-state index >= 15 is 0 Å². The maximum Gasteiger partial charge on any atom is 0.242 e. The summed E-state index contributed by atoms with van der Waals surface area (Å²) in [6.07, 6.45) is 0.403. The Balaban J connectivity index is 2.19. The molecule has 4 nitrogen and oxygen atoms in total. The lowest BCUT2D eigenvalue weighted by molar-refractivity contribution is -0.139. The van der Waals surface area contributed by atoms with Gasteiger partial charge in [-0.15, -0.1) is 0 Å². The first-order valence-corrected chi connectivity index (χ1v) is 8.79. The van der Waals surface area contributed by atoms with Crippen molar-refractivity contribution in [3.8, 4) is 0 Å². The Hall–Kier alpha value is -2.40. The Morgan fingerprint density at radius 2 is 1.85 bits per heavy atom. The van der Waals surface area contributed by atoms with Gasteiger partial charge in [0.25, 0.3) is 0 Å². The molecule has 2 amide bonds. The topological polar surface area (TPSA) is 49.4 Å². The molecule has 1 atom stereocenters. The fraction of sp³-hybridized carbons (Fsp3) is 0.300. The fourth-order valence-electron chi connectivity index (χ4n) is 2.73. The second-order valence-corrected chi connectivity index (χ2v) is 6.40. The van der Waals surface area contributed by atoms with Gasteiger partial charge in [0.15, 0.2) is 0 Å². The van der Waals surface area contributed by atoms with Gasteiger partial charge in [0.2, 0.25) is 11.8 Å². The minimum atomic E-state index is -0.665. The minimum Gasteiger partial charge on any atom is -0.357 e. The number of hydrogen-bond acceptors (Lipinski definition) is 2. The SMILES string of the molecule is CNC(=O)C(C)N(CCc1ccccc1)C(=O)Cc1c(F)cccc1Cl. The van der Waals surface area contributed by atoms with Crippen LogP contribution in [0.2, 0.25) is 5.02 Å². The molecule has 0 radical (unpaired) electrons. The molecule has 0 aliphatic rings. The summed E-state index contributed by atoms with van der Waals surface area (Å²) < 4.78 is 14.0. The summed E-state index contributed by atoms with van der Waals surface area (Å²) in [4.78, 5) is 26.3. The van der Waals surface area contributed by atoms with Gasteiger partial charge in [-0.05, 0) is 31.0 Å². The van der Waals surface area contributed by atoms with Crippen LogP contribution in [-0.2, 0) is 22.4 Å². The number of rotatable bonds is 7. The van der Waals surface area contributed by atoms with Crippen LogP contribution in [-0.4, -0.2) is 36.3 Å². The molecule has 0 aliphatic carbocycles. The van der Waals surface area contributed by atoms with Crippen molar-refractivity contribution in [2.24, 2.45) is 0 Å². The van der Waals surface area contributed by atoms with Gasteiger partial charge in [0.1, 0.15) is 11.9 Å². The summed E-state index contributed by atoms with van der Waals surface area (Å²) in [6.45, 7) is 2.01. The van der Waals surface area contributed by atoms with Gasteiger partial charge in [-0.1, -0.05) is 48.0 Å². The van der Waals surface area contributed by atoms with Crippen LogP contribution in [0.15, 0.2) is 48.5 Å². The maximum atomic E-state index is 14.0. The average molecular weight is 377 g/mol. The first-order valence-electron chi connectivity index (χ1n) is 8.42. The summed E-state index contributed by atoms with van der Waals surface area (Å²) in [6, 6.07) is 13.3. The number of carbonyl (C=O) groups is 2. The lowest BCUT2D eigenvalue weighted by Gasteiger charge is -2.28. The number of halogens is 2. The second-order valence-electron chi connectivity index (χ2n) is 5.99. The van der Waals surface area contributed by atoms with Crippen molar-refractivity contribution in [2.75, 3.05) is 13.6 Å². The third kappa shape index (κ3) is 5.05. The van der Waals surface area contributed by atoms with Crippen LogP contribution < -0.4 is 5.32 Å². The van der Waals surface area contributed by atoms with Gasteiger partial charge < -0.3 is 10.2 Å². The quantitative estimate of drug-likeness (QED) is 0.806. The lowest BCUT2D eigenvalue weighted by Crippen LogP contribution is -2.48. The van der Waals surface area contributed by atoms with Gasteiger partial charge in [0.05, 0.1) is 6.42 Å². The minimum absolute atomic E-state index is 0.146. The van der Waals surface area contributed by atoms with Crippen LogP contribution >= 0.6 is 11.6 Å². The Morgan fingerprint density at radius 3 is 2.46 bits per heavy atom. The zero-order valence-corrected chi connectivity index (χ0v) is 15.6. The summed E-state index contributed by atoms with van der Waals surface area (Å²) in [5.74, 6) is -1.14. The predicted molar refractivity (Wildman–Crippen MR) is 101 cm³/mol. The van der Waals surface area contributed by atoms with Gasteiger partial charge >= 0.3 is 0 Å². The molecule has 0 spiro atoms.